The Bertz CT molecular complexity index is 463. The van der Waals surface area contributed by atoms with Crippen LogP contribution in [0.4, 0.5) is 11.4 Å². The third kappa shape index (κ3) is 4.18. The van der Waals surface area contributed by atoms with Crippen LogP contribution in [-0.2, 0) is 0 Å². The maximum Gasteiger partial charge on any atom is 0.273 e. The summed E-state index contributed by atoms with van der Waals surface area (Å²) in [6.07, 6.45) is 0.639. The van der Waals surface area contributed by atoms with E-state index < -0.39 is 4.92 Å². The number of hydrogen-bond acceptors (Lipinski definition) is 4. The molecule has 0 heterocycles. The SMILES string of the molecule is Cc1cc(NC(CCO)C(C)C)c(Br)cc1[N+](=O)[O-]. The largest absolute Gasteiger partial charge is 0.396 e. The van der Waals surface area contributed by atoms with E-state index in [4.69, 9.17) is 5.11 Å². The summed E-state index contributed by atoms with van der Waals surface area (Å²) in [5.41, 5.74) is 1.53. The molecule has 0 aromatic heterocycles. The molecule has 1 rings (SSSR count). The molecule has 6 heteroatoms. The van der Waals surface area contributed by atoms with E-state index in [-0.39, 0.29) is 18.3 Å². The number of anilines is 1. The molecule has 1 unspecified atom stereocenters. The Hall–Kier alpha value is -1.14. The van der Waals surface area contributed by atoms with Gasteiger partial charge in [-0.25, -0.2) is 0 Å². The van der Waals surface area contributed by atoms with Crippen LogP contribution in [0.1, 0.15) is 25.8 Å². The lowest BCUT2D eigenvalue weighted by molar-refractivity contribution is -0.385. The highest BCUT2D eigenvalue weighted by Crippen LogP contribution is 2.31. The molecule has 1 aromatic rings. The van der Waals surface area contributed by atoms with Crippen molar-refractivity contribution >= 4 is 27.3 Å². The summed E-state index contributed by atoms with van der Waals surface area (Å²) in [7, 11) is 0. The van der Waals surface area contributed by atoms with Gasteiger partial charge >= 0.3 is 0 Å². The van der Waals surface area contributed by atoms with Crippen LogP contribution in [0.25, 0.3) is 0 Å². The van der Waals surface area contributed by atoms with Gasteiger partial charge in [0.25, 0.3) is 5.69 Å². The van der Waals surface area contributed by atoms with Crippen LogP contribution in [0.3, 0.4) is 0 Å². The number of hydrogen-bond donors (Lipinski definition) is 2. The van der Waals surface area contributed by atoms with Crippen molar-refractivity contribution < 1.29 is 10.0 Å². The predicted octanol–water partition coefficient (Wildman–Crippen LogP) is 3.48. The van der Waals surface area contributed by atoms with Crippen molar-refractivity contribution in [2.45, 2.75) is 33.2 Å². The molecule has 1 aromatic carbocycles. The molecule has 0 amide bonds. The summed E-state index contributed by atoms with van der Waals surface area (Å²) in [6.45, 7) is 5.96. The Morgan fingerprint density at radius 1 is 1.47 bits per heavy atom. The minimum absolute atomic E-state index is 0.0979. The normalized spacial score (nSPS) is 12.5. The summed E-state index contributed by atoms with van der Waals surface area (Å²) in [5, 5.41) is 23.2. The lowest BCUT2D eigenvalue weighted by Crippen LogP contribution is -2.27. The lowest BCUT2D eigenvalue weighted by Gasteiger charge is -2.23. The van der Waals surface area contributed by atoms with E-state index >= 15 is 0 Å². The molecule has 0 aliphatic heterocycles. The zero-order valence-electron chi connectivity index (χ0n) is 11.3. The van der Waals surface area contributed by atoms with E-state index in [9.17, 15) is 10.1 Å². The van der Waals surface area contributed by atoms with Gasteiger partial charge in [0.15, 0.2) is 0 Å². The van der Waals surface area contributed by atoms with Gasteiger partial charge in [0.05, 0.1) is 4.92 Å². The molecule has 0 saturated heterocycles. The van der Waals surface area contributed by atoms with Crippen LogP contribution in [0.2, 0.25) is 0 Å². The van der Waals surface area contributed by atoms with Crippen LogP contribution in [0.15, 0.2) is 16.6 Å². The van der Waals surface area contributed by atoms with Crippen LogP contribution in [0.5, 0.6) is 0 Å². The first-order valence-electron chi connectivity index (χ1n) is 6.18. The Kier molecular flexibility index (Phi) is 5.75. The fourth-order valence-electron chi connectivity index (χ4n) is 1.89. The molecule has 19 heavy (non-hydrogen) atoms. The average molecular weight is 331 g/mol. The molecule has 0 bridgehead atoms. The maximum atomic E-state index is 10.8. The minimum atomic E-state index is -0.391. The van der Waals surface area contributed by atoms with Gasteiger partial charge in [-0.3, -0.25) is 10.1 Å². The number of nitro groups is 1. The second-order valence-corrected chi connectivity index (χ2v) is 5.74. The van der Waals surface area contributed by atoms with Crippen molar-refractivity contribution in [3.63, 3.8) is 0 Å². The van der Waals surface area contributed by atoms with Crippen molar-refractivity contribution in [3.05, 3.63) is 32.3 Å². The fraction of sp³-hybridized carbons (Fsp3) is 0.538. The van der Waals surface area contributed by atoms with Crippen molar-refractivity contribution in [1.29, 1.82) is 0 Å². The zero-order valence-corrected chi connectivity index (χ0v) is 12.9. The van der Waals surface area contributed by atoms with Gasteiger partial charge in [0, 0.05) is 34.4 Å². The first-order chi connectivity index (χ1) is 8.86. The number of nitro benzene ring substituents is 1. The first kappa shape index (κ1) is 15.9. The number of halogens is 1. The maximum absolute atomic E-state index is 10.8. The quantitative estimate of drug-likeness (QED) is 0.618. The van der Waals surface area contributed by atoms with Gasteiger partial charge in [-0.05, 0) is 41.3 Å². The molecule has 0 spiro atoms. The second kappa shape index (κ2) is 6.86. The zero-order chi connectivity index (χ0) is 14.6. The van der Waals surface area contributed by atoms with Gasteiger partial charge < -0.3 is 10.4 Å². The monoisotopic (exact) mass is 330 g/mol. The topological polar surface area (TPSA) is 75.4 Å². The smallest absolute Gasteiger partial charge is 0.273 e. The Morgan fingerprint density at radius 2 is 2.11 bits per heavy atom. The lowest BCUT2D eigenvalue weighted by atomic mass is 10.0. The molecule has 1 atom stereocenters. The third-order valence-electron chi connectivity index (χ3n) is 3.07. The van der Waals surface area contributed by atoms with E-state index in [0.717, 1.165) is 5.69 Å². The molecule has 0 radical (unpaired) electrons. The number of nitrogens with one attached hydrogen (secondary N) is 1. The summed E-state index contributed by atoms with van der Waals surface area (Å²) in [6, 6.07) is 3.39. The summed E-state index contributed by atoms with van der Waals surface area (Å²) >= 11 is 3.35. The van der Waals surface area contributed by atoms with Crippen LogP contribution >= 0.6 is 15.9 Å². The number of rotatable bonds is 6. The number of aliphatic hydroxyl groups excluding tert-OH is 1. The van der Waals surface area contributed by atoms with Gasteiger partial charge in [-0.2, -0.15) is 0 Å². The molecule has 0 saturated carbocycles. The van der Waals surface area contributed by atoms with Gasteiger partial charge in [-0.1, -0.05) is 13.8 Å². The molecule has 0 fully saturated rings. The highest BCUT2D eigenvalue weighted by Gasteiger charge is 2.18. The van der Waals surface area contributed by atoms with Crippen LogP contribution in [0, 0.1) is 23.0 Å². The van der Waals surface area contributed by atoms with Gasteiger partial charge in [0.1, 0.15) is 0 Å². The fourth-order valence-corrected chi connectivity index (χ4v) is 2.34. The molecular formula is C13H19BrN2O3. The molecule has 0 aliphatic carbocycles. The van der Waals surface area contributed by atoms with Crippen LogP contribution in [-0.4, -0.2) is 22.7 Å². The van der Waals surface area contributed by atoms with Crippen LogP contribution < -0.4 is 5.32 Å². The Balaban J connectivity index is 3.01. The van der Waals surface area contributed by atoms with Crippen molar-refractivity contribution in [2.24, 2.45) is 5.92 Å². The number of nitrogens with zero attached hydrogens (tertiary/aromatic N) is 1. The molecule has 106 valence electrons. The predicted molar refractivity (Wildman–Crippen MR) is 79.5 cm³/mol. The second-order valence-electron chi connectivity index (χ2n) is 4.88. The van der Waals surface area contributed by atoms with Crippen molar-refractivity contribution in [2.75, 3.05) is 11.9 Å². The highest BCUT2D eigenvalue weighted by atomic mass is 79.9. The number of aliphatic hydroxyl groups is 1. The van der Waals surface area contributed by atoms with Crippen molar-refractivity contribution in [1.82, 2.24) is 0 Å². The highest BCUT2D eigenvalue weighted by molar-refractivity contribution is 9.10. The van der Waals surface area contributed by atoms with E-state index in [1.807, 2.05) is 0 Å². The van der Waals surface area contributed by atoms with Gasteiger partial charge in [-0.15, -0.1) is 0 Å². The van der Waals surface area contributed by atoms with Crippen molar-refractivity contribution in [3.8, 4) is 0 Å². The van der Waals surface area contributed by atoms with E-state index in [1.165, 1.54) is 6.07 Å². The van der Waals surface area contributed by atoms with E-state index in [2.05, 4.69) is 35.1 Å². The van der Waals surface area contributed by atoms with Gasteiger partial charge in [0.2, 0.25) is 0 Å². The Labute approximate surface area is 121 Å². The summed E-state index contributed by atoms with van der Waals surface area (Å²) in [4.78, 5) is 10.5. The minimum Gasteiger partial charge on any atom is -0.396 e. The standard InChI is InChI=1S/C13H19BrN2O3/c1-8(2)11(4-5-17)15-12-6-9(3)13(16(18)19)7-10(12)14/h6-8,11,15,17H,4-5H2,1-3H3. The summed E-state index contributed by atoms with van der Waals surface area (Å²) in [5.74, 6) is 0.356. The Morgan fingerprint density at radius 3 is 2.58 bits per heavy atom. The van der Waals surface area contributed by atoms with E-state index in [1.54, 1.807) is 13.0 Å². The number of benzene rings is 1. The first-order valence-corrected chi connectivity index (χ1v) is 6.98. The molecule has 0 aliphatic rings. The van der Waals surface area contributed by atoms with E-state index in [0.29, 0.717) is 22.4 Å². The third-order valence-corrected chi connectivity index (χ3v) is 3.72. The molecule has 5 nitrogen and oxygen atoms in total. The summed E-state index contributed by atoms with van der Waals surface area (Å²) < 4.78 is 0.661. The molecule has 2 N–H and O–H groups in total. The average Bonchev–Trinajstić information content (AvgIpc) is 2.32. The number of aryl methyl sites for hydroxylation is 1. The molecular weight excluding hydrogens is 312 g/mol.